The van der Waals surface area contributed by atoms with Gasteiger partial charge in [-0.1, -0.05) is 45.2 Å². The number of nitrogens with two attached hydrogens (primary N) is 1. The number of aryl methyl sites for hydroxylation is 2. The molecule has 1 aromatic rings. The molecule has 1 rings (SSSR count). The van der Waals surface area contributed by atoms with Crippen molar-refractivity contribution in [3.8, 4) is 0 Å². The predicted octanol–water partition coefficient (Wildman–Crippen LogP) is 3.95. The van der Waals surface area contributed by atoms with Gasteiger partial charge in [0.15, 0.2) is 0 Å². The molecule has 0 bridgehead atoms. The van der Waals surface area contributed by atoms with Gasteiger partial charge in [-0.2, -0.15) is 0 Å². The smallest absolute Gasteiger partial charge is 0.0346 e. The summed E-state index contributed by atoms with van der Waals surface area (Å²) in [5.41, 5.74) is 9.66. The Bertz CT molecular complexity index is 291. The van der Waals surface area contributed by atoms with Gasteiger partial charge in [-0.3, -0.25) is 0 Å². The van der Waals surface area contributed by atoms with E-state index in [9.17, 15) is 0 Å². The van der Waals surface area contributed by atoms with E-state index in [1.54, 1.807) is 0 Å². The molecular weight excluding hydrogens is 182 g/mol. The first-order valence-corrected chi connectivity index (χ1v) is 6.15. The molecule has 0 heterocycles. The Hall–Kier alpha value is -0.980. The maximum Gasteiger partial charge on any atom is 0.0346 e. The highest BCUT2D eigenvalue weighted by molar-refractivity contribution is 5.48. The minimum absolute atomic E-state index is 0.962. The first-order chi connectivity index (χ1) is 7.27. The largest absolute Gasteiger partial charge is 0.399 e. The quantitative estimate of drug-likeness (QED) is 0.552. The summed E-state index contributed by atoms with van der Waals surface area (Å²) in [6.45, 7) is 4.43. The van der Waals surface area contributed by atoms with Gasteiger partial charge in [-0.25, -0.2) is 0 Å². The first-order valence-electron chi connectivity index (χ1n) is 6.15. The van der Waals surface area contributed by atoms with Crippen LogP contribution < -0.4 is 5.73 Å². The summed E-state index contributed by atoms with van der Waals surface area (Å²) in [4.78, 5) is 0. The van der Waals surface area contributed by atoms with Crippen LogP contribution in [-0.4, -0.2) is 0 Å². The fraction of sp³-hybridized carbons (Fsp3) is 0.571. The lowest BCUT2D eigenvalue weighted by atomic mass is 10.0. The van der Waals surface area contributed by atoms with Crippen molar-refractivity contribution in [2.45, 2.75) is 52.4 Å². The van der Waals surface area contributed by atoms with E-state index >= 15 is 0 Å². The van der Waals surface area contributed by atoms with Gasteiger partial charge in [0.2, 0.25) is 0 Å². The summed E-state index contributed by atoms with van der Waals surface area (Å²) in [7, 11) is 0. The summed E-state index contributed by atoms with van der Waals surface area (Å²) in [6, 6.07) is 6.44. The van der Waals surface area contributed by atoms with E-state index in [4.69, 9.17) is 5.73 Å². The Balaban J connectivity index is 2.51. The van der Waals surface area contributed by atoms with Crippen LogP contribution in [0.2, 0.25) is 0 Å². The van der Waals surface area contributed by atoms with Crippen molar-refractivity contribution in [3.05, 3.63) is 29.3 Å². The van der Waals surface area contributed by atoms with Crippen LogP contribution in [0, 0.1) is 0 Å². The first kappa shape index (κ1) is 12.1. The predicted molar refractivity (Wildman–Crippen MR) is 68.1 cm³/mol. The molecule has 0 radical (unpaired) electrons. The van der Waals surface area contributed by atoms with Crippen molar-refractivity contribution in [3.63, 3.8) is 0 Å². The summed E-state index contributed by atoms with van der Waals surface area (Å²) in [5.74, 6) is 0. The van der Waals surface area contributed by atoms with Gasteiger partial charge < -0.3 is 5.73 Å². The maximum atomic E-state index is 5.96. The van der Waals surface area contributed by atoms with Crippen molar-refractivity contribution >= 4 is 5.69 Å². The topological polar surface area (TPSA) is 26.0 Å². The second-order valence-electron chi connectivity index (χ2n) is 4.20. The fourth-order valence-electron chi connectivity index (χ4n) is 1.84. The lowest BCUT2D eigenvalue weighted by Crippen LogP contribution is -1.96. The van der Waals surface area contributed by atoms with E-state index in [-0.39, 0.29) is 0 Å². The fourth-order valence-corrected chi connectivity index (χ4v) is 1.84. The van der Waals surface area contributed by atoms with Crippen LogP contribution in [0.25, 0.3) is 0 Å². The van der Waals surface area contributed by atoms with Gasteiger partial charge in [0.1, 0.15) is 0 Å². The minimum Gasteiger partial charge on any atom is -0.399 e. The Morgan fingerprint density at radius 3 is 2.53 bits per heavy atom. The Kier molecular flexibility index (Phi) is 5.23. The highest BCUT2D eigenvalue weighted by atomic mass is 14.6. The molecule has 2 N–H and O–H groups in total. The molecule has 0 unspecified atom stereocenters. The van der Waals surface area contributed by atoms with Crippen LogP contribution in [0.3, 0.4) is 0 Å². The van der Waals surface area contributed by atoms with Crippen molar-refractivity contribution in [1.29, 1.82) is 0 Å². The number of hydrogen-bond acceptors (Lipinski definition) is 1. The van der Waals surface area contributed by atoms with Crippen LogP contribution in [0.5, 0.6) is 0 Å². The third-order valence-corrected chi connectivity index (χ3v) is 2.92. The zero-order chi connectivity index (χ0) is 11.1. The molecule has 1 aromatic carbocycles. The van der Waals surface area contributed by atoms with E-state index in [0.29, 0.717) is 0 Å². The highest BCUT2D eigenvalue weighted by Gasteiger charge is 2.00. The van der Waals surface area contributed by atoms with E-state index < -0.39 is 0 Å². The minimum atomic E-state index is 0.962. The number of unbranched alkanes of at least 4 members (excludes halogenated alkanes) is 3. The van der Waals surface area contributed by atoms with Crippen molar-refractivity contribution in [1.82, 2.24) is 0 Å². The third-order valence-electron chi connectivity index (χ3n) is 2.92. The van der Waals surface area contributed by atoms with E-state index in [1.807, 2.05) is 6.07 Å². The lowest BCUT2D eigenvalue weighted by molar-refractivity contribution is 0.667. The van der Waals surface area contributed by atoms with Gasteiger partial charge in [-0.05, 0) is 36.5 Å². The molecule has 0 saturated heterocycles. The zero-order valence-corrected chi connectivity index (χ0v) is 10.1. The Morgan fingerprint density at radius 2 is 1.87 bits per heavy atom. The second kappa shape index (κ2) is 6.49. The molecule has 0 aromatic heterocycles. The molecular formula is C14H23N. The third kappa shape index (κ3) is 3.94. The van der Waals surface area contributed by atoms with E-state index in [2.05, 4.69) is 26.0 Å². The van der Waals surface area contributed by atoms with Crippen molar-refractivity contribution in [2.75, 3.05) is 5.73 Å². The molecule has 0 aliphatic rings. The SMILES string of the molecule is CCCCCCc1cc(CC)ccc1N. The van der Waals surface area contributed by atoms with Crippen LogP contribution >= 0.6 is 0 Å². The molecule has 0 atom stereocenters. The molecule has 1 nitrogen and oxygen atoms in total. The van der Waals surface area contributed by atoms with Gasteiger partial charge in [-0.15, -0.1) is 0 Å². The van der Waals surface area contributed by atoms with Gasteiger partial charge in [0.05, 0.1) is 0 Å². The number of rotatable bonds is 6. The van der Waals surface area contributed by atoms with E-state index in [0.717, 1.165) is 18.5 Å². The monoisotopic (exact) mass is 205 g/mol. The number of nitrogen functional groups attached to an aromatic ring is 1. The number of hydrogen-bond donors (Lipinski definition) is 1. The standard InChI is InChI=1S/C14H23N/c1-3-5-6-7-8-13-11-12(4-2)9-10-14(13)15/h9-11H,3-8,15H2,1-2H3. The maximum absolute atomic E-state index is 5.96. The average molecular weight is 205 g/mol. The summed E-state index contributed by atoms with van der Waals surface area (Å²) in [5, 5.41) is 0. The lowest BCUT2D eigenvalue weighted by Gasteiger charge is -2.07. The normalized spacial score (nSPS) is 10.5. The van der Waals surface area contributed by atoms with Gasteiger partial charge in [0.25, 0.3) is 0 Å². The summed E-state index contributed by atoms with van der Waals surface area (Å²) in [6.07, 6.45) is 7.47. The molecule has 1 heteroatoms. The average Bonchev–Trinajstić information content (AvgIpc) is 2.26. The Labute approximate surface area is 93.7 Å². The number of anilines is 1. The van der Waals surface area contributed by atoms with Gasteiger partial charge in [0, 0.05) is 5.69 Å². The molecule has 0 aliphatic heterocycles. The molecule has 0 saturated carbocycles. The summed E-state index contributed by atoms with van der Waals surface area (Å²) < 4.78 is 0. The van der Waals surface area contributed by atoms with Crippen molar-refractivity contribution < 1.29 is 0 Å². The van der Waals surface area contributed by atoms with Crippen molar-refractivity contribution in [2.24, 2.45) is 0 Å². The van der Waals surface area contributed by atoms with Gasteiger partial charge >= 0.3 is 0 Å². The van der Waals surface area contributed by atoms with Crippen LogP contribution in [0.1, 0.15) is 50.7 Å². The van der Waals surface area contributed by atoms with Crippen LogP contribution in [0.15, 0.2) is 18.2 Å². The molecule has 0 spiro atoms. The zero-order valence-electron chi connectivity index (χ0n) is 10.1. The second-order valence-corrected chi connectivity index (χ2v) is 4.20. The van der Waals surface area contributed by atoms with E-state index in [1.165, 1.54) is 36.8 Å². The molecule has 0 aliphatic carbocycles. The Morgan fingerprint density at radius 1 is 1.07 bits per heavy atom. The molecule has 0 fully saturated rings. The summed E-state index contributed by atoms with van der Waals surface area (Å²) >= 11 is 0. The number of benzene rings is 1. The highest BCUT2D eigenvalue weighted by Crippen LogP contribution is 2.17. The molecule has 0 amide bonds. The molecule has 15 heavy (non-hydrogen) atoms. The molecule has 84 valence electrons. The van der Waals surface area contributed by atoms with Crippen LogP contribution in [-0.2, 0) is 12.8 Å². The van der Waals surface area contributed by atoms with Crippen LogP contribution in [0.4, 0.5) is 5.69 Å².